The minimum Gasteiger partial charge on any atom is -0.307 e. The predicted octanol–water partition coefficient (Wildman–Crippen LogP) is 3.06. The fourth-order valence-corrected chi connectivity index (χ4v) is 3.29. The van der Waals surface area contributed by atoms with Crippen LogP contribution in [0.4, 0.5) is 0 Å². The van der Waals surface area contributed by atoms with Gasteiger partial charge in [-0.2, -0.15) is 0 Å². The maximum atomic E-state index is 4.29. The number of aromatic nitrogens is 1. The summed E-state index contributed by atoms with van der Waals surface area (Å²) in [5, 5.41) is 6.88. The van der Waals surface area contributed by atoms with Gasteiger partial charge in [0.25, 0.3) is 0 Å². The first-order chi connectivity index (χ1) is 7.07. The number of hydrogen-bond acceptors (Lipinski definition) is 3. The molecule has 2 rings (SSSR count). The summed E-state index contributed by atoms with van der Waals surface area (Å²) in [5.74, 6) is 0.792. The van der Waals surface area contributed by atoms with Crippen molar-refractivity contribution in [2.45, 2.75) is 46.2 Å². The lowest BCUT2D eigenvalue weighted by Gasteiger charge is -2.17. The Morgan fingerprint density at radius 1 is 1.53 bits per heavy atom. The molecule has 0 aliphatic heterocycles. The van der Waals surface area contributed by atoms with E-state index in [2.05, 4.69) is 31.1 Å². The van der Waals surface area contributed by atoms with Gasteiger partial charge in [-0.3, -0.25) is 0 Å². The highest BCUT2D eigenvalue weighted by atomic mass is 32.1. The van der Waals surface area contributed by atoms with E-state index < -0.39 is 0 Å². The van der Waals surface area contributed by atoms with Crippen LogP contribution in [-0.4, -0.2) is 11.0 Å². The number of nitrogens with one attached hydrogen (secondary N) is 1. The second kappa shape index (κ2) is 4.22. The lowest BCUT2D eigenvalue weighted by atomic mass is 9.91. The van der Waals surface area contributed by atoms with Crippen LogP contribution in [0.5, 0.6) is 0 Å². The van der Waals surface area contributed by atoms with Crippen molar-refractivity contribution < 1.29 is 0 Å². The molecule has 1 aromatic rings. The third kappa shape index (κ3) is 2.79. The molecule has 84 valence electrons. The van der Waals surface area contributed by atoms with Gasteiger partial charge >= 0.3 is 0 Å². The van der Waals surface area contributed by atoms with Gasteiger partial charge in [0.15, 0.2) is 0 Å². The molecular weight excluding hydrogens is 204 g/mol. The normalized spacial score (nSPS) is 29.5. The minimum atomic E-state index is 0.514. The third-order valence-corrected chi connectivity index (χ3v) is 4.11. The van der Waals surface area contributed by atoms with Crippen LogP contribution in [0.25, 0.3) is 0 Å². The van der Waals surface area contributed by atoms with Crippen molar-refractivity contribution in [1.82, 2.24) is 10.3 Å². The van der Waals surface area contributed by atoms with Crippen LogP contribution in [0.15, 0.2) is 11.6 Å². The highest BCUT2D eigenvalue weighted by Crippen LogP contribution is 2.40. The zero-order chi connectivity index (χ0) is 10.9. The zero-order valence-corrected chi connectivity index (χ0v) is 10.6. The molecule has 0 spiro atoms. The Bertz CT molecular complexity index is 305. The highest BCUT2D eigenvalue weighted by Gasteiger charge is 2.36. The van der Waals surface area contributed by atoms with Gasteiger partial charge in [-0.1, -0.05) is 20.8 Å². The number of rotatable bonds is 3. The Labute approximate surface area is 96.1 Å². The maximum absolute atomic E-state index is 4.29. The Hall–Kier alpha value is -0.410. The van der Waals surface area contributed by atoms with Crippen molar-refractivity contribution in [3.05, 3.63) is 16.6 Å². The molecule has 1 fully saturated rings. The summed E-state index contributed by atoms with van der Waals surface area (Å²) in [6.45, 7) is 8.03. The lowest BCUT2D eigenvalue weighted by Crippen LogP contribution is -2.31. The first kappa shape index (κ1) is 11.1. The Kier molecular flexibility index (Phi) is 3.12. The van der Waals surface area contributed by atoms with E-state index in [0.29, 0.717) is 11.5 Å². The van der Waals surface area contributed by atoms with E-state index in [9.17, 15) is 0 Å². The molecule has 0 saturated heterocycles. The third-order valence-electron chi connectivity index (χ3n) is 3.33. The van der Waals surface area contributed by atoms with E-state index in [1.54, 1.807) is 11.3 Å². The average molecular weight is 224 g/mol. The maximum Gasteiger partial charge on any atom is 0.106 e. The van der Waals surface area contributed by atoms with Crippen molar-refractivity contribution in [1.29, 1.82) is 0 Å². The standard InChI is InChI=1S/C12H20N2S/c1-9-6-12(2,3)7-10(9)14-8-11-13-4-5-15-11/h4-5,9-10,14H,6-8H2,1-3H3/t9-,10-/m0/s1. The van der Waals surface area contributed by atoms with Gasteiger partial charge < -0.3 is 5.32 Å². The monoisotopic (exact) mass is 224 g/mol. The molecule has 1 aliphatic carbocycles. The first-order valence-electron chi connectivity index (χ1n) is 5.69. The van der Waals surface area contributed by atoms with Crippen LogP contribution < -0.4 is 5.32 Å². The summed E-state index contributed by atoms with van der Waals surface area (Å²) in [7, 11) is 0. The zero-order valence-electron chi connectivity index (χ0n) is 9.79. The fourth-order valence-electron chi connectivity index (χ4n) is 2.73. The van der Waals surface area contributed by atoms with Crippen molar-refractivity contribution in [3.8, 4) is 0 Å². The van der Waals surface area contributed by atoms with E-state index in [1.807, 2.05) is 11.6 Å². The Morgan fingerprint density at radius 3 is 2.87 bits per heavy atom. The molecule has 0 aromatic carbocycles. The summed E-state index contributed by atoms with van der Waals surface area (Å²) in [6.07, 6.45) is 4.51. The molecule has 0 unspecified atom stereocenters. The average Bonchev–Trinajstić information content (AvgIpc) is 2.70. The molecule has 1 N–H and O–H groups in total. The largest absolute Gasteiger partial charge is 0.307 e. The van der Waals surface area contributed by atoms with Gasteiger partial charge in [0.2, 0.25) is 0 Å². The molecule has 0 bridgehead atoms. The summed E-state index contributed by atoms with van der Waals surface area (Å²) >= 11 is 1.73. The second-order valence-corrected chi connectivity index (χ2v) is 6.44. The molecule has 0 radical (unpaired) electrons. The topological polar surface area (TPSA) is 24.9 Å². The quantitative estimate of drug-likeness (QED) is 0.853. The first-order valence-corrected chi connectivity index (χ1v) is 6.56. The Morgan fingerprint density at radius 2 is 2.33 bits per heavy atom. The Balaban J connectivity index is 1.85. The molecule has 2 atom stereocenters. The molecule has 1 saturated carbocycles. The predicted molar refractivity (Wildman–Crippen MR) is 64.9 cm³/mol. The van der Waals surface area contributed by atoms with Crippen LogP contribution in [0, 0.1) is 11.3 Å². The van der Waals surface area contributed by atoms with Gasteiger partial charge in [-0.05, 0) is 24.2 Å². The van der Waals surface area contributed by atoms with Gasteiger partial charge in [0.1, 0.15) is 5.01 Å². The second-order valence-electron chi connectivity index (χ2n) is 5.46. The van der Waals surface area contributed by atoms with Gasteiger partial charge in [0, 0.05) is 24.2 Å². The van der Waals surface area contributed by atoms with Gasteiger partial charge in [-0.15, -0.1) is 11.3 Å². The van der Waals surface area contributed by atoms with Crippen LogP contribution in [0.2, 0.25) is 0 Å². The van der Waals surface area contributed by atoms with E-state index in [1.165, 1.54) is 17.8 Å². The van der Waals surface area contributed by atoms with Gasteiger partial charge in [0.05, 0.1) is 0 Å². The highest BCUT2D eigenvalue weighted by molar-refractivity contribution is 7.09. The summed E-state index contributed by atoms with van der Waals surface area (Å²) in [4.78, 5) is 4.29. The summed E-state index contributed by atoms with van der Waals surface area (Å²) in [6, 6.07) is 0.670. The van der Waals surface area contributed by atoms with Crippen molar-refractivity contribution in [2.75, 3.05) is 0 Å². The number of nitrogens with zero attached hydrogens (tertiary/aromatic N) is 1. The molecule has 1 heterocycles. The van der Waals surface area contributed by atoms with Crippen LogP contribution in [-0.2, 0) is 6.54 Å². The van der Waals surface area contributed by atoms with Crippen molar-refractivity contribution in [3.63, 3.8) is 0 Å². The molecule has 2 nitrogen and oxygen atoms in total. The SMILES string of the molecule is C[C@H]1CC(C)(C)C[C@@H]1NCc1nccs1. The van der Waals surface area contributed by atoms with Crippen molar-refractivity contribution in [2.24, 2.45) is 11.3 Å². The minimum absolute atomic E-state index is 0.514. The molecule has 0 amide bonds. The van der Waals surface area contributed by atoms with E-state index in [4.69, 9.17) is 0 Å². The van der Waals surface area contributed by atoms with Crippen LogP contribution in [0.1, 0.15) is 38.6 Å². The summed E-state index contributed by atoms with van der Waals surface area (Å²) in [5.41, 5.74) is 0.514. The van der Waals surface area contributed by atoms with Crippen LogP contribution in [0.3, 0.4) is 0 Å². The smallest absolute Gasteiger partial charge is 0.106 e. The van der Waals surface area contributed by atoms with Crippen molar-refractivity contribution >= 4 is 11.3 Å². The van der Waals surface area contributed by atoms with Gasteiger partial charge in [-0.25, -0.2) is 4.98 Å². The molecule has 15 heavy (non-hydrogen) atoms. The number of hydrogen-bond donors (Lipinski definition) is 1. The molecule has 1 aliphatic rings. The van der Waals surface area contributed by atoms with Crippen LogP contribution >= 0.6 is 11.3 Å². The lowest BCUT2D eigenvalue weighted by molar-refractivity contribution is 0.362. The molecule has 1 aromatic heterocycles. The van der Waals surface area contributed by atoms with E-state index in [-0.39, 0.29) is 0 Å². The van der Waals surface area contributed by atoms with E-state index in [0.717, 1.165) is 12.5 Å². The van der Waals surface area contributed by atoms with E-state index >= 15 is 0 Å². The number of thiazole rings is 1. The molecule has 3 heteroatoms. The summed E-state index contributed by atoms with van der Waals surface area (Å²) < 4.78 is 0. The molecular formula is C12H20N2S. The fraction of sp³-hybridized carbons (Fsp3) is 0.750.